The van der Waals surface area contributed by atoms with Crippen molar-refractivity contribution in [3.05, 3.63) is 25.3 Å². The van der Waals surface area contributed by atoms with Crippen molar-refractivity contribution in [1.29, 1.82) is 0 Å². The highest BCUT2D eigenvalue weighted by molar-refractivity contribution is 7.98. The molecule has 242 valence electrons. The summed E-state index contributed by atoms with van der Waals surface area (Å²) in [6.45, 7) is -0.343. The van der Waals surface area contributed by atoms with Crippen LogP contribution >= 0.6 is 11.8 Å². The zero-order valence-electron chi connectivity index (χ0n) is 23.9. The first kappa shape index (κ1) is 31.2. The third-order valence-corrected chi connectivity index (χ3v) is 8.79. The van der Waals surface area contributed by atoms with Gasteiger partial charge in [-0.2, -0.15) is 11.8 Å². The van der Waals surface area contributed by atoms with E-state index in [1.165, 1.54) is 51.1 Å². The van der Waals surface area contributed by atoms with Crippen LogP contribution in [-0.2, 0) is 14.3 Å². The molecule has 0 saturated carbocycles. The molecule has 0 aliphatic carbocycles. The van der Waals surface area contributed by atoms with E-state index in [1.54, 1.807) is 0 Å². The number of nitrogens with two attached hydrogens (primary N) is 2. The molecule has 9 atom stereocenters. The molecule has 4 aromatic heterocycles. The zero-order valence-corrected chi connectivity index (χ0v) is 24.7. The number of aliphatic hydroxyl groups is 4. The summed E-state index contributed by atoms with van der Waals surface area (Å²) in [6, 6.07) is -1.08. The largest absolute Gasteiger partial charge is 0.480 e. The fourth-order valence-electron chi connectivity index (χ4n) is 5.82. The van der Waals surface area contributed by atoms with Crippen LogP contribution in [0.3, 0.4) is 0 Å². The smallest absolute Gasteiger partial charge is 0.320 e. The van der Waals surface area contributed by atoms with Crippen LogP contribution < -0.4 is 11.5 Å². The second kappa shape index (κ2) is 12.6. The van der Waals surface area contributed by atoms with Crippen LogP contribution in [0, 0.1) is 0 Å². The summed E-state index contributed by atoms with van der Waals surface area (Å²) < 4.78 is 15.0. The molecule has 6 heterocycles. The summed E-state index contributed by atoms with van der Waals surface area (Å²) in [4.78, 5) is 38.5. The topological polar surface area (TPSA) is 279 Å². The molecule has 2 saturated heterocycles. The van der Waals surface area contributed by atoms with Crippen molar-refractivity contribution < 1.29 is 39.8 Å². The Morgan fingerprint density at radius 1 is 0.844 bits per heavy atom. The van der Waals surface area contributed by atoms with Crippen LogP contribution in [-0.4, -0.2) is 143 Å². The van der Waals surface area contributed by atoms with E-state index in [2.05, 4.69) is 29.9 Å². The minimum absolute atomic E-state index is 0.128. The molecule has 0 amide bonds. The molecule has 2 fully saturated rings. The van der Waals surface area contributed by atoms with Crippen LogP contribution in [0.15, 0.2) is 25.3 Å². The fraction of sp³-hybridized carbons (Fsp3) is 0.560. The third-order valence-electron chi connectivity index (χ3n) is 8.15. The van der Waals surface area contributed by atoms with Crippen molar-refractivity contribution in [2.75, 3.05) is 36.6 Å². The number of fused-ring (bicyclic) bond motifs is 2. The minimum atomic E-state index is -1.43. The van der Waals surface area contributed by atoms with Gasteiger partial charge in [0, 0.05) is 13.1 Å². The maximum atomic E-state index is 12.5. The molecule has 0 bridgehead atoms. The fourth-order valence-corrected chi connectivity index (χ4v) is 6.27. The average Bonchev–Trinajstić information content (AvgIpc) is 3.77. The lowest BCUT2D eigenvalue weighted by Gasteiger charge is -2.34. The number of hydrogen-bond acceptors (Lipinski definition) is 17. The standard InChI is InChI=1S/C25H33N11O8S/c1-45-3-2-10(25(41)42)34(4-11-15(37)17(39)23(43-11)35-8-32-13-19(26)28-6-30-21(13)35)5-12-16(38)18(40)24(44-12)36-9-33-14-20(27)29-7-31-22(14)36/h6-12,15-18,23-24,37-40H,2-5H2,1H3,(H,41,42)(H2,26,28,30)(H2,27,29,31)/t10-,11+,12+,15+,16+,17+,18+,23+,24+/m0/s1. The number of carbonyl (C=O) groups is 1. The molecule has 0 spiro atoms. The van der Waals surface area contributed by atoms with E-state index in [-0.39, 0.29) is 53.5 Å². The summed E-state index contributed by atoms with van der Waals surface area (Å²) in [5.74, 6) is -0.388. The number of rotatable bonds is 11. The highest BCUT2D eigenvalue weighted by atomic mass is 32.2. The van der Waals surface area contributed by atoms with Gasteiger partial charge in [-0.25, -0.2) is 29.9 Å². The van der Waals surface area contributed by atoms with Crippen LogP contribution in [0.1, 0.15) is 18.9 Å². The summed E-state index contributed by atoms with van der Waals surface area (Å²) in [5.41, 5.74) is 12.9. The van der Waals surface area contributed by atoms with E-state index >= 15 is 0 Å². The Kier molecular flexibility index (Phi) is 8.72. The second-order valence-electron chi connectivity index (χ2n) is 10.8. The molecule has 2 aliphatic heterocycles. The Balaban J connectivity index is 1.25. The van der Waals surface area contributed by atoms with Crippen molar-refractivity contribution in [2.45, 2.75) is 61.5 Å². The summed E-state index contributed by atoms with van der Waals surface area (Å²) in [5, 5.41) is 54.3. The number of anilines is 2. The molecular formula is C25H33N11O8S. The summed E-state index contributed by atoms with van der Waals surface area (Å²) in [7, 11) is 0. The second-order valence-corrected chi connectivity index (χ2v) is 11.8. The monoisotopic (exact) mass is 647 g/mol. The number of hydrogen-bond donors (Lipinski definition) is 7. The lowest BCUT2D eigenvalue weighted by atomic mass is 10.1. The quantitative estimate of drug-likeness (QED) is 0.0891. The Morgan fingerprint density at radius 2 is 1.31 bits per heavy atom. The summed E-state index contributed by atoms with van der Waals surface area (Å²) in [6.07, 6.45) is -2.86. The molecule has 2 aliphatic rings. The van der Waals surface area contributed by atoms with Crippen molar-refractivity contribution in [3.8, 4) is 0 Å². The van der Waals surface area contributed by atoms with Gasteiger partial charge < -0.3 is 46.5 Å². The lowest BCUT2D eigenvalue weighted by molar-refractivity contribution is -0.146. The molecule has 0 unspecified atom stereocenters. The van der Waals surface area contributed by atoms with Crippen molar-refractivity contribution in [2.24, 2.45) is 0 Å². The van der Waals surface area contributed by atoms with Gasteiger partial charge in [0.15, 0.2) is 35.4 Å². The maximum absolute atomic E-state index is 12.5. The first-order valence-corrected chi connectivity index (χ1v) is 15.3. The van der Waals surface area contributed by atoms with E-state index in [0.29, 0.717) is 5.75 Å². The maximum Gasteiger partial charge on any atom is 0.320 e. The van der Waals surface area contributed by atoms with Gasteiger partial charge in [-0.15, -0.1) is 0 Å². The van der Waals surface area contributed by atoms with Gasteiger partial charge >= 0.3 is 5.97 Å². The lowest BCUT2D eigenvalue weighted by Crippen LogP contribution is -2.52. The number of nitrogens with zero attached hydrogens (tertiary/aromatic N) is 9. The zero-order chi connectivity index (χ0) is 32.0. The molecule has 4 aromatic rings. The highest BCUT2D eigenvalue weighted by Crippen LogP contribution is 2.35. The number of nitrogen functional groups attached to an aromatic ring is 2. The highest BCUT2D eigenvalue weighted by Gasteiger charge is 2.49. The van der Waals surface area contributed by atoms with Crippen LogP contribution in [0.2, 0.25) is 0 Å². The minimum Gasteiger partial charge on any atom is -0.480 e. The number of aliphatic hydroxyl groups excluding tert-OH is 4. The van der Waals surface area contributed by atoms with E-state index in [1.807, 2.05) is 6.26 Å². The molecule has 0 radical (unpaired) electrons. The van der Waals surface area contributed by atoms with E-state index < -0.39 is 61.1 Å². The number of aliphatic carboxylic acids is 1. The van der Waals surface area contributed by atoms with Crippen LogP contribution in [0.5, 0.6) is 0 Å². The van der Waals surface area contributed by atoms with Gasteiger partial charge in [0.2, 0.25) is 0 Å². The average molecular weight is 648 g/mol. The van der Waals surface area contributed by atoms with Gasteiger partial charge in [0.05, 0.1) is 12.7 Å². The SMILES string of the molecule is CSCC[C@@H](C(=O)O)N(C[C@H]1O[C@@H](n2cnc3c(N)ncnc32)[C@H](O)[C@@H]1O)C[C@H]1O[C@@H](n2cnc3c(N)ncnc32)[C@H](O)[C@@H]1O. The molecule has 0 aromatic carbocycles. The van der Waals surface area contributed by atoms with Gasteiger partial charge in [0.1, 0.15) is 66.4 Å². The molecule has 9 N–H and O–H groups in total. The van der Waals surface area contributed by atoms with Crippen molar-refractivity contribution in [3.63, 3.8) is 0 Å². The molecule has 19 nitrogen and oxygen atoms in total. The Hall–Kier alpha value is -3.76. The van der Waals surface area contributed by atoms with E-state index in [0.717, 1.165) is 0 Å². The van der Waals surface area contributed by atoms with Gasteiger partial charge in [-0.1, -0.05) is 0 Å². The number of thioether (sulfide) groups is 1. The predicted molar refractivity (Wildman–Crippen MR) is 157 cm³/mol. The number of carboxylic acid groups (broad SMARTS) is 1. The first-order valence-electron chi connectivity index (χ1n) is 14.0. The van der Waals surface area contributed by atoms with Crippen molar-refractivity contribution in [1.82, 2.24) is 43.9 Å². The number of aromatic nitrogens is 8. The molecule has 6 rings (SSSR count). The van der Waals surface area contributed by atoms with Crippen LogP contribution in [0.25, 0.3) is 22.3 Å². The first-order chi connectivity index (χ1) is 21.6. The van der Waals surface area contributed by atoms with Gasteiger partial charge in [0.25, 0.3) is 0 Å². The van der Waals surface area contributed by atoms with E-state index in [4.69, 9.17) is 20.9 Å². The van der Waals surface area contributed by atoms with Gasteiger partial charge in [-0.3, -0.25) is 18.8 Å². The van der Waals surface area contributed by atoms with Crippen molar-refractivity contribution >= 4 is 51.7 Å². The molecular weight excluding hydrogens is 614 g/mol. The predicted octanol–water partition coefficient (Wildman–Crippen LogP) is -2.42. The number of carboxylic acids is 1. The summed E-state index contributed by atoms with van der Waals surface area (Å²) >= 11 is 1.46. The van der Waals surface area contributed by atoms with Gasteiger partial charge in [-0.05, 0) is 18.4 Å². The Morgan fingerprint density at radius 3 is 1.73 bits per heavy atom. The normalized spacial score (nSPS) is 29.3. The van der Waals surface area contributed by atoms with E-state index in [9.17, 15) is 30.3 Å². The molecule has 20 heteroatoms. The Bertz CT molecular complexity index is 1570. The van der Waals surface area contributed by atoms with Crippen LogP contribution in [0.4, 0.5) is 11.6 Å². The third kappa shape index (κ3) is 5.63. The number of imidazole rings is 2. The Labute approximate surface area is 258 Å². The number of ether oxygens (including phenoxy) is 2. The molecule has 45 heavy (non-hydrogen) atoms.